The van der Waals surface area contributed by atoms with Gasteiger partial charge in [0.05, 0.1) is 19.2 Å². The van der Waals surface area contributed by atoms with Crippen LogP contribution in [0.15, 0.2) is 73.1 Å². The Morgan fingerprint density at radius 2 is 1.74 bits per heavy atom. The summed E-state index contributed by atoms with van der Waals surface area (Å²) in [5.41, 5.74) is 2.78. The lowest BCUT2D eigenvalue weighted by atomic mass is 9.95. The van der Waals surface area contributed by atoms with Crippen LogP contribution in [0.4, 0.5) is 11.5 Å². The Labute approximate surface area is 246 Å². The number of ketones is 2. The summed E-state index contributed by atoms with van der Waals surface area (Å²) in [5.74, 6) is 2.71. The summed E-state index contributed by atoms with van der Waals surface area (Å²) in [5, 5.41) is 4.00. The number of rotatable bonds is 11. The van der Waals surface area contributed by atoms with Gasteiger partial charge in [-0.3, -0.25) is 9.59 Å². The maximum atomic E-state index is 12.9. The molecule has 3 aromatic carbocycles. The van der Waals surface area contributed by atoms with E-state index in [9.17, 15) is 9.59 Å². The van der Waals surface area contributed by atoms with Crippen LogP contribution in [0.25, 0.3) is 16.5 Å². The van der Waals surface area contributed by atoms with Gasteiger partial charge in [0, 0.05) is 35.4 Å². The standard InChI is InChI=1S/C32H27N3O8/c1-38-9-10-40-31-15-25-24(14-29(31)39-2)32(34-17-33-25)35-20-4-8-27(23(12-20)22-13-21(36)5-6-26(22)37)41-16-19-3-7-28-30(11-19)43-18-42-28/h3-8,11-15,17H,9-10,16,18H2,1-2H3,(H,33,34,35). The van der Waals surface area contributed by atoms with Gasteiger partial charge >= 0.3 is 0 Å². The first kappa shape index (κ1) is 27.7. The fraction of sp³-hybridized carbons (Fsp3) is 0.188. The number of methoxy groups -OCH3 is 2. The number of nitrogens with one attached hydrogen (secondary N) is 1. The third kappa shape index (κ3) is 5.97. The molecule has 0 saturated carbocycles. The SMILES string of the molecule is COCCOc1cc2ncnc(Nc3ccc(OCc4ccc5c(c4)OCO5)c(C4=CC(=O)C=CC4=O)c3)c2cc1OC. The fourth-order valence-corrected chi connectivity index (χ4v) is 4.66. The third-order valence-electron chi connectivity index (χ3n) is 6.78. The van der Waals surface area contributed by atoms with Crippen LogP contribution in [0.1, 0.15) is 11.1 Å². The normalized spacial score (nSPS) is 13.7. The van der Waals surface area contributed by atoms with E-state index >= 15 is 0 Å². The van der Waals surface area contributed by atoms with Crippen molar-refractivity contribution in [2.24, 2.45) is 0 Å². The van der Waals surface area contributed by atoms with Gasteiger partial charge in [-0.1, -0.05) is 6.07 Å². The van der Waals surface area contributed by atoms with Crippen LogP contribution >= 0.6 is 0 Å². The summed E-state index contributed by atoms with van der Waals surface area (Å²) in [4.78, 5) is 33.9. The molecule has 0 fully saturated rings. The summed E-state index contributed by atoms with van der Waals surface area (Å²) in [6.45, 7) is 1.16. The number of fused-ring (bicyclic) bond motifs is 2. The number of hydrogen-bond acceptors (Lipinski definition) is 11. The van der Waals surface area contributed by atoms with Crippen LogP contribution in [0.2, 0.25) is 0 Å². The Bertz CT molecular complexity index is 1780. The van der Waals surface area contributed by atoms with Gasteiger partial charge in [-0.2, -0.15) is 0 Å². The van der Waals surface area contributed by atoms with Gasteiger partial charge in [0.25, 0.3) is 0 Å². The van der Waals surface area contributed by atoms with Crippen LogP contribution in [-0.2, 0) is 20.9 Å². The molecule has 0 bridgehead atoms. The lowest BCUT2D eigenvalue weighted by Crippen LogP contribution is -2.09. The maximum absolute atomic E-state index is 12.9. The largest absolute Gasteiger partial charge is 0.493 e. The van der Waals surface area contributed by atoms with E-state index < -0.39 is 0 Å². The Hall–Kier alpha value is -5.42. The first-order chi connectivity index (χ1) is 21.0. The predicted octanol–water partition coefficient (Wildman–Crippen LogP) is 4.81. The van der Waals surface area contributed by atoms with Crippen LogP contribution in [0.3, 0.4) is 0 Å². The first-order valence-electron chi connectivity index (χ1n) is 13.4. The predicted molar refractivity (Wildman–Crippen MR) is 157 cm³/mol. The molecule has 218 valence electrons. The van der Waals surface area contributed by atoms with Gasteiger partial charge in [-0.25, -0.2) is 9.97 Å². The van der Waals surface area contributed by atoms with E-state index in [1.165, 1.54) is 24.6 Å². The molecular formula is C32H27N3O8. The van der Waals surface area contributed by atoms with Crippen molar-refractivity contribution in [2.45, 2.75) is 6.61 Å². The van der Waals surface area contributed by atoms with Crippen molar-refractivity contribution in [3.05, 3.63) is 84.2 Å². The van der Waals surface area contributed by atoms with Gasteiger partial charge in [-0.05, 0) is 60.2 Å². The van der Waals surface area contributed by atoms with Crippen LogP contribution in [-0.4, -0.2) is 55.8 Å². The summed E-state index contributed by atoms with van der Waals surface area (Å²) in [6.07, 6.45) is 5.26. The second-order valence-corrected chi connectivity index (χ2v) is 9.55. The van der Waals surface area contributed by atoms with E-state index in [-0.39, 0.29) is 30.5 Å². The number of anilines is 2. The van der Waals surface area contributed by atoms with Crippen LogP contribution in [0, 0.1) is 0 Å². The van der Waals surface area contributed by atoms with Crippen LogP contribution < -0.4 is 29.0 Å². The number of carbonyl (C=O) groups excluding carboxylic acids is 2. The summed E-state index contributed by atoms with van der Waals surface area (Å²) < 4.78 is 33.4. The molecule has 0 spiro atoms. The van der Waals surface area contributed by atoms with Gasteiger partial charge in [0.1, 0.15) is 31.1 Å². The Morgan fingerprint density at radius 3 is 2.60 bits per heavy atom. The molecule has 43 heavy (non-hydrogen) atoms. The quantitative estimate of drug-likeness (QED) is 0.194. The highest BCUT2D eigenvalue weighted by Crippen LogP contribution is 2.37. The molecule has 0 radical (unpaired) electrons. The molecule has 11 heteroatoms. The van der Waals surface area contributed by atoms with Crippen molar-refractivity contribution in [1.82, 2.24) is 9.97 Å². The molecule has 0 unspecified atom stereocenters. The highest BCUT2D eigenvalue weighted by atomic mass is 16.7. The molecule has 1 aliphatic carbocycles. The molecule has 6 rings (SSSR count). The zero-order valence-corrected chi connectivity index (χ0v) is 23.4. The second kappa shape index (κ2) is 12.2. The topological polar surface area (TPSA) is 127 Å². The number of hydrogen-bond donors (Lipinski definition) is 1. The zero-order chi connectivity index (χ0) is 29.8. The van der Waals surface area contributed by atoms with Crippen molar-refractivity contribution in [3.63, 3.8) is 0 Å². The molecule has 0 amide bonds. The molecule has 2 heterocycles. The highest BCUT2D eigenvalue weighted by molar-refractivity contribution is 6.34. The third-order valence-corrected chi connectivity index (χ3v) is 6.78. The lowest BCUT2D eigenvalue weighted by molar-refractivity contribution is -0.113. The molecule has 0 saturated heterocycles. The van der Waals surface area contributed by atoms with Crippen molar-refractivity contribution in [1.29, 1.82) is 0 Å². The van der Waals surface area contributed by atoms with E-state index in [4.69, 9.17) is 28.4 Å². The minimum absolute atomic E-state index is 0.174. The van der Waals surface area contributed by atoms with E-state index in [1.807, 2.05) is 18.2 Å². The summed E-state index contributed by atoms with van der Waals surface area (Å²) >= 11 is 0. The average molecular weight is 582 g/mol. The maximum Gasteiger partial charge on any atom is 0.231 e. The van der Waals surface area contributed by atoms with E-state index in [0.29, 0.717) is 69.9 Å². The number of benzene rings is 3. The van der Waals surface area contributed by atoms with E-state index in [0.717, 1.165) is 5.56 Å². The Kier molecular flexibility index (Phi) is 7.88. The Balaban J connectivity index is 1.32. The molecule has 1 N–H and O–H groups in total. The van der Waals surface area contributed by atoms with Gasteiger partial charge in [0.2, 0.25) is 6.79 Å². The molecule has 1 aliphatic heterocycles. The number of aromatic nitrogens is 2. The smallest absolute Gasteiger partial charge is 0.231 e. The summed E-state index contributed by atoms with van der Waals surface area (Å²) in [6, 6.07) is 14.4. The minimum Gasteiger partial charge on any atom is -0.493 e. The lowest BCUT2D eigenvalue weighted by Gasteiger charge is -2.17. The molecule has 0 atom stereocenters. The monoisotopic (exact) mass is 581 g/mol. The average Bonchev–Trinajstić information content (AvgIpc) is 3.49. The molecule has 11 nitrogen and oxygen atoms in total. The van der Waals surface area contributed by atoms with E-state index in [1.54, 1.807) is 44.6 Å². The van der Waals surface area contributed by atoms with Crippen molar-refractivity contribution < 1.29 is 38.0 Å². The second-order valence-electron chi connectivity index (χ2n) is 9.55. The van der Waals surface area contributed by atoms with Gasteiger partial charge in [0.15, 0.2) is 34.6 Å². The number of ether oxygens (including phenoxy) is 6. The highest BCUT2D eigenvalue weighted by Gasteiger charge is 2.21. The van der Waals surface area contributed by atoms with Crippen molar-refractivity contribution in [3.8, 4) is 28.7 Å². The Morgan fingerprint density at radius 1 is 0.860 bits per heavy atom. The number of nitrogens with zero attached hydrogens (tertiary/aromatic N) is 2. The van der Waals surface area contributed by atoms with Crippen molar-refractivity contribution in [2.75, 3.05) is 39.5 Å². The first-order valence-corrected chi connectivity index (χ1v) is 13.4. The number of carbonyl (C=O) groups is 2. The zero-order valence-electron chi connectivity index (χ0n) is 23.4. The molecule has 1 aromatic heterocycles. The molecular weight excluding hydrogens is 554 g/mol. The fourth-order valence-electron chi connectivity index (χ4n) is 4.66. The van der Waals surface area contributed by atoms with Crippen LogP contribution in [0.5, 0.6) is 28.7 Å². The minimum atomic E-state index is -0.303. The van der Waals surface area contributed by atoms with Gasteiger partial charge < -0.3 is 33.7 Å². The molecule has 4 aromatic rings. The van der Waals surface area contributed by atoms with Crippen molar-refractivity contribution >= 4 is 39.5 Å². The molecule has 2 aliphatic rings. The summed E-state index contributed by atoms with van der Waals surface area (Å²) in [7, 11) is 3.16. The number of allylic oxidation sites excluding steroid dienone is 4. The van der Waals surface area contributed by atoms with E-state index in [2.05, 4.69) is 15.3 Å². The van der Waals surface area contributed by atoms with Gasteiger partial charge in [-0.15, -0.1) is 0 Å².